The number of nitrogens with one attached hydrogen (secondary N) is 1. The number of hydrogen-bond acceptors (Lipinski definition) is 4. The molecule has 0 saturated carbocycles. The summed E-state index contributed by atoms with van der Waals surface area (Å²) in [6.45, 7) is 8.31. The number of carbonyl (C=O) groups excluding carboxylic acids is 1. The first-order chi connectivity index (χ1) is 9.15. The number of ketones is 1. The summed E-state index contributed by atoms with van der Waals surface area (Å²) < 4.78 is 5.57. The molecule has 1 N–H and O–H groups in total. The van der Waals surface area contributed by atoms with Crippen LogP contribution in [0.25, 0.3) is 0 Å². The van der Waals surface area contributed by atoms with E-state index in [1.165, 1.54) is 0 Å². The van der Waals surface area contributed by atoms with Crippen molar-refractivity contribution in [2.45, 2.75) is 20.0 Å². The second-order valence-corrected chi connectivity index (χ2v) is 5.14. The molecule has 0 unspecified atom stereocenters. The zero-order chi connectivity index (χ0) is 13.7. The number of Topliss-reactive ketones (excluding diaryl/α,β-unsaturated/α-hetero) is 1. The summed E-state index contributed by atoms with van der Waals surface area (Å²) in [4.78, 5) is 14.3. The van der Waals surface area contributed by atoms with Crippen molar-refractivity contribution in [3.63, 3.8) is 0 Å². The Labute approximate surface area is 114 Å². The third kappa shape index (κ3) is 4.33. The number of rotatable bonds is 5. The third-order valence-corrected chi connectivity index (χ3v) is 3.12. The smallest absolute Gasteiger partial charge is 0.176 e. The molecule has 0 spiro atoms. The summed E-state index contributed by atoms with van der Waals surface area (Å²) in [6, 6.07) is 7.43. The van der Waals surface area contributed by atoms with Gasteiger partial charge in [0.25, 0.3) is 0 Å². The molecule has 0 atom stereocenters. The maximum atomic E-state index is 12.1. The quantitative estimate of drug-likeness (QED) is 0.818. The lowest BCUT2D eigenvalue weighted by molar-refractivity contribution is 0.0921. The van der Waals surface area contributed by atoms with Crippen LogP contribution in [0.3, 0.4) is 0 Å². The first-order valence-corrected chi connectivity index (χ1v) is 6.88. The van der Waals surface area contributed by atoms with Gasteiger partial charge in [-0.2, -0.15) is 0 Å². The zero-order valence-electron chi connectivity index (χ0n) is 11.7. The van der Waals surface area contributed by atoms with E-state index in [1.807, 2.05) is 38.1 Å². The summed E-state index contributed by atoms with van der Waals surface area (Å²) in [6.07, 6.45) is 0.155. The number of piperazine rings is 1. The second-order valence-electron chi connectivity index (χ2n) is 5.14. The predicted octanol–water partition coefficient (Wildman–Crippen LogP) is 1.56. The molecule has 0 radical (unpaired) electrons. The predicted molar refractivity (Wildman–Crippen MR) is 75.8 cm³/mol. The van der Waals surface area contributed by atoms with Gasteiger partial charge in [-0.3, -0.25) is 9.69 Å². The molecule has 0 aromatic heterocycles. The minimum Gasteiger partial charge on any atom is -0.491 e. The average Bonchev–Trinajstić information content (AvgIpc) is 2.40. The zero-order valence-corrected chi connectivity index (χ0v) is 11.7. The average molecular weight is 262 g/mol. The highest BCUT2D eigenvalue weighted by Gasteiger charge is 2.14. The topological polar surface area (TPSA) is 41.6 Å². The maximum absolute atomic E-state index is 12.1. The molecule has 1 aliphatic heterocycles. The molecule has 0 amide bonds. The van der Waals surface area contributed by atoms with Crippen LogP contribution in [0.4, 0.5) is 0 Å². The molecule has 1 heterocycles. The molecular weight excluding hydrogens is 240 g/mol. The Bertz CT molecular complexity index is 409. The number of ether oxygens (including phenoxy) is 1. The molecule has 1 fully saturated rings. The summed E-state index contributed by atoms with van der Waals surface area (Å²) in [7, 11) is 0. The Morgan fingerprint density at radius 1 is 1.26 bits per heavy atom. The summed E-state index contributed by atoms with van der Waals surface area (Å²) >= 11 is 0. The van der Waals surface area contributed by atoms with Crippen molar-refractivity contribution in [1.29, 1.82) is 0 Å². The van der Waals surface area contributed by atoms with E-state index >= 15 is 0 Å². The van der Waals surface area contributed by atoms with Gasteiger partial charge in [0.15, 0.2) is 5.78 Å². The molecule has 1 aliphatic rings. The highest BCUT2D eigenvalue weighted by Crippen LogP contribution is 2.14. The van der Waals surface area contributed by atoms with Crippen LogP contribution in [-0.2, 0) is 0 Å². The van der Waals surface area contributed by atoms with Gasteiger partial charge in [0, 0.05) is 31.7 Å². The van der Waals surface area contributed by atoms with E-state index in [-0.39, 0.29) is 11.9 Å². The Kier molecular flexibility index (Phi) is 4.93. The summed E-state index contributed by atoms with van der Waals surface area (Å²) in [5.74, 6) is 0.992. The molecule has 2 rings (SSSR count). The van der Waals surface area contributed by atoms with Crippen LogP contribution in [0.5, 0.6) is 5.75 Å². The third-order valence-electron chi connectivity index (χ3n) is 3.12. The molecule has 1 aromatic carbocycles. The van der Waals surface area contributed by atoms with Gasteiger partial charge in [-0.1, -0.05) is 0 Å². The van der Waals surface area contributed by atoms with Crippen LogP contribution in [0.1, 0.15) is 24.2 Å². The van der Waals surface area contributed by atoms with Crippen molar-refractivity contribution >= 4 is 5.78 Å². The van der Waals surface area contributed by atoms with Gasteiger partial charge >= 0.3 is 0 Å². The molecular formula is C15H22N2O2. The Morgan fingerprint density at radius 2 is 1.89 bits per heavy atom. The number of hydrogen-bond donors (Lipinski definition) is 1. The van der Waals surface area contributed by atoms with Crippen molar-refractivity contribution in [2.24, 2.45) is 0 Å². The van der Waals surface area contributed by atoms with E-state index in [0.717, 1.165) is 37.5 Å². The minimum atomic E-state index is 0.155. The van der Waals surface area contributed by atoms with Crippen LogP contribution in [0, 0.1) is 0 Å². The number of carbonyl (C=O) groups is 1. The highest BCUT2D eigenvalue weighted by atomic mass is 16.5. The van der Waals surface area contributed by atoms with Gasteiger partial charge in [0.1, 0.15) is 5.75 Å². The van der Waals surface area contributed by atoms with Gasteiger partial charge in [-0.25, -0.2) is 0 Å². The van der Waals surface area contributed by atoms with E-state index in [1.54, 1.807) is 0 Å². The van der Waals surface area contributed by atoms with E-state index in [9.17, 15) is 4.79 Å². The lowest BCUT2D eigenvalue weighted by Crippen LogP contribution is -2.45. The number of benzene rings is 1. The highest BCUT2D eigenvalue weighted by molar-refractivity contribution is 5.97. The van der Waals surface area contributed by atoms with E-state index in [2.05, 4.69) is 10.2 Å². The summed E-state index contributed by atoms with van der Waals surface area (Å²) in [5, 5.41) is 3.28. The molecule has 4 nitrogen and oxygen atoms in total. The van der Waals surface area contributed by atoms with Gasteiger partial charge in [0.05, 0.1) is 12.6 Å². The second kappa shape index (κ2) is 6.68. The lowest BCUT2D eigenvalue weighted by Gasteiger charge is -2.26. The Morgan fingerprint density at radius 3 is 2.47 bits per heavy atom. The van der Waals surface area contributed by atoms with E-state index in [0.29, 0.717) is 6.54 Å². The van der Waals surface area contributed by atoms with Crippen LogP contribution in [0.2, 0.25) is 0 Å². The van der Waals surface area contributed by atoms with Crippen LogP contribution in [0.15, 0.2) is 24.3 Å². The Hall–Kier alpha value is -1.39. The van der Waals surface area contributed by atoms with Gasteiger partial charge in [-0.15, -0.1) is 0 Å². The number of nitrogens with zero attached hydrogens (tertiary/aromatic N) is 1. The first kappa shape index (κ1) is 14.0. The van der Waals surface area contributed by atoms with Gasteiger partial charge in [-0.05, 0) is 38.1 Å². The standard InChI is InChI=1S/C15H22N2O2/c1-12(2)19-14-5-3-13(4-6-14)15(18)11-17-9-7-16-8-10-17/h3-6,12,16H,7-11H2,1-2H3. The van der Waals surface area contributed by atoms with Gasteiger partial charge < -0.3 is 10.1 Å². The molecule has 19 heavy (non-hydrogen) atoms. The molecule has 1 saturated heterocycles. The lowest BCUT2D eigenvalue weighted by atomic mass is 10.1. The Balaban J connectivity index is 1.91. The largest absolute Gasteiger partial charge is 0.491 e. The van der Waals surface area contributed by atoms with Gasteiger partial charge in [0.2, 0.25) is 0 Å². The van der Waals surface area contributed by atoms with E-state index < -0.39 is 0 Å². The van der Waals surface area contributed by atoms with Crippen molar-refractivity contribution < 1.29 is 9.53 Å². The molecule has 0 bridgehead atoms. The molecule has 1 aromatic rings. The fraction of sp³-hybridized carbons (Fsp3) is 0.533. The summed E-state index contributed by atoms with van der Waals surface area (Å²) in [5.41, 5.74) is 0.759. The van der Waals surface area contributed by atoms with Crippen molar-refractivity contribution in [3.05, 3.63) is 29.8 Å². The molecule has 104 valence electrons. The molecule has 0 aliphatic carbocycles. The minimum absolute atomic E-state index is 0.155. The fourth-order valence-corrected chi connectivity index (χ4v) is 2.16. The van der Waals surface area contributed by atoms with Crippen molar-refractivity contribution in [3.8, 4) is 5.75 Å². The SMILES string of the molecule is CC(C)Oc1ccc(C(=O)CN2CCNCC2)cc1. The molecule has 4 heteroatoms. The normalized spacial score (nSPS) is 16.6. The first-order valence-electron chi connectivity index (χ1n) is 6.88. The van der Waals surface area contributed by atoms with Crippen LogP contribution >= 0.6 is 0 Å². The maximum Gasteiger partial charge on any atom is 0.176 e. The fourth-order valence-electron chi connectivity index (χ4n) is 2.16. The van der Waals surface area contributed by atoms with Crippen LogP contribution in [-0.4, -0.2) is 49.5 Å². The van der Waals surface area contributed by atoms with Crippen molar-refractivity contribution in [1.82, 2.24) is 10.2 Å². The van der Waals surface area contributed by atoms with Crippen molar-refractivity contribution in [2.75, 3.05) is 32.7 Å². The monoisotopic (exact) mass is 262 g/mol. The van der Waals surface area contributed by atoms with Crippen LogP contribution < -0.4 is 10.1 Å². The van der Waals surface area contributed by atoms with E-state index in [4.69, 9.17) is 4.74 Å².